The Morgan fingerprint density at radius 2 is 2.19 bits per heavy atom. The lowest BCUT2D eigenvalue weighted by Crippen LogP contribution is -2.40. The van der Waals surface area contributed by atoms with Crippen molar-refractivity contribution in [1.82, 2.24) is 9.88 Å². The third-order valence-electron chi connectivity index (χ3n) is 4.87. The molecule has 0 spiro atoms. The molecule has 1 fully saturated rings. The third-order valence-corrected chi connectivity index (χ3v) is 5.74. The van der Waals surface area contributed by atoms with Gasteiger partial charge in [-0.2, -0.15) is 0 Å². The number of pyridine rings is 1. The van der Waals surface area contributed by atoms with Crippen LogP contribution in [0.4, 0.5) is 0 Å². The molecule has 1 aromatic carbocycles. The number of methoxy groups -OCH3 is 1. The molecule has 1 aliphatic rings. The van der Waals surface area contributed by atoms with Crippen molar-refractivity contribution in [2.24, 2.45) is 0 Å². The van der Waals surface area contributed by atoms with Crippen LogP contribution in [0.15, 0.2) is 41.8 Å². The van der Waals surface area contributed by atoms with Gasteiger partial charge < -0.3 is 14.6 Å². The van der Waals surface area contributed by atoms with Crippen molar-refractivity contribution in [2.75, 3.05) is 27.4 Å². The number of ether oxygens (including phenoxy) is 2. The molecule has 2 aromatic heterocycles. The van der Waals surface area contributed by atoms with Crippen LogP contribution in [0.1, 0.15) is 5.56 Å². The Bertz CT molecular complexity index is 897. The molecule has 0 radical (unpaired) electrons. The van der Waals surface area contributed by atoms with Gasteiger partial charge in [0.1, 0.15) is 5.75 Å². The molecule has 3 heterocycles. The molecule has 26 heavy (non-hydrogen) atoms. The van der Waals surface area contributed by atoms with E-state index < -0.39 is 6.10 Å². The van der Waals surface area contributed by atoms with Crippen LogP contribution in [-0.4, -0.2) is 54.5 Å². The number of aliphatic hydroxyl groups is 1. The fraction of sp³-hybridized carbons (Fsp3) is 0.350. The summed E-state index contributed by atoms with van der Waals surface area (Å²) in [5.41, 5.74) is 3.05. The van der Waals surface area contributed by atoms with Crippen LogP contribution < -0.4 is 4.74 Å². The van der Waals surface area contributed by atoms with Crippen molar-refractivity contribution >= 4 is 22.2 Å². The maximum absolute atomic E-state index is 10.1. The van der Waals surface area contributed by atoms with E-state index in [-0.39, 0.29) is 6.04 Å². The molecule has 3 aromatic rings. The maximum atomic E-state index is 10.1. The van der Waals surface area contributed by atoms with E-state index in [9.17, 15) is 5.11 Å². The van der Waals surface area contributed by atoms with Crippen LogP contribution in [0.5, 0.6) is 5.75 Å². The number of thiophene rings is 1. The molecule has 0 saturated carbocycles. The van der Waals surface area contributed by atoms with Crippen LogP contribution in [0.25, 0.3) is 21.5 Å². The molecule has 1 aliphatic heterocycles. The maximum Gasteiger partial charge on any atom is 0.121 e. The van der Waals surface area contributed by atoms with Crippen molar-refractivity contribution in [3.05, 3.63) is 47.3 Å². The minimum absolute atomic E-state index is 0.0118. The van der Waals surface area contributed by atoms with Gasteiger partial charge in [0, 0.05) is 18.0 Å². The molecule has 0 amide bonds. The van der Waals surface area contributed by atoms with Gasteiger partial charge in [-0.3, -0.25) is 4.90 Å². The first kappa shape index (κ1) is 17.4. The minimum Gasteiger partial charge on any atom is -0.497 e. The van der Waals surface area contributed by atoms with Gasteiger partial charge in [0.15, 0.2) is 0 Å². The summed E-state index contributed by atoms with van der Waals surface area (Å²) >= 11 is 1.68. The fourth-order valence-corrected chi connectivity index (χ4v) is 4.15. The summed E-state index contributed by atoms with van der Waals surface area (Å²) in [5.74, 6) is 0.804. The van der Waals surface area contributed by atoms with E-state index >= 15 is 0 Å². The molecule has 0 unspecified atom stereocenters. The quantitative estimate of drug-likeness (QED) is 0.748. The van der Waals surface area contributed by atoms with Crippen molar-refractivity contribution in [2.45, 2.75) is 18.7 Å². The SMILES string of the molecule is COc1ccc2cc(CN(C)[C@H]3COC[C@@H]3O)c(-c3cccs3)nc2c1. The predicted octanol–water partition coefficient (Wildman–Crippen LogP) is 3.16. The number of likely N-dealkylation sites (N-methyl/N-ethyl adjacent to an activating group) is 1. The third kappa shape index (κ3) is 3.33. The van der Waals surface area contributed by atoms with Crippen molar-refractivity contribution < 1.29 is 14.6 Å². The lowest BCUT2D eigenvalue weighted by atomic mass is 10.1. The van der Waals surface area contributed by atoms with Gasteiger partial charge in [0.05, 0.1) is 48.6 Å². The molecule has 1 N–H and O–H groups in total. The van der Waals surface area contributed by atoms with Gasteiger partial charge in [0.25, 0.3) is 0 Å². The highest BCUT2D eigenvalue weighted by Crippen LogP contribution is 2.31. The second-order valence-corrected chi connectivity index (χ2v) is 7.57. The number of aromatic nitrogens is 1. The average molecular weight is 370 g/mol. The Morgan fingerprint density at radius 3 is 2.88 bits per heavy atom. The van der Waals surface area contributed by atoms with E-state index in [4.69, 9.17) is 14.5 Å². The van der Waals surface area contributed by atoms with E-state index in [0.29, 0.717) is 19.8 Å². The van der Waals surface area contributed by atoms with Crippen molar-refractivity contribution in [1.29, 1.82) is 0 Å². The lowest BCUT2D eigenvalue weighted by molar-refractivity contribution is 0.0926. The summed E-state index contributed by atoms with van der Waals surface area (Å²) in [5, 5.41) is 13.3. The number of hydrogen-bond acceptors (Lipinski definition) is 6. The zero-order chi connectivity index (χ0) is 18.1. The summed E-state index contributed by atoms with van der Waals surface area (Å²) in [6.45, 7) is 1.67. The zero-order valence-electron chi connectivity index (χ0n) is 14.9. The Balaban J connectivity index is 1.75. The first-order chi connectivity index (χ1) is 12.7. The van der Waals surface area contributed by atoms with Gasteiger partial charge >= 0.3 is 0 Å². The smallest absolute Gasteiger partial charge is 0.121 e. The van der Waals surface area contributed by atoms with E-state index in [1.807, 2.05) is 31.3 Å². The molecule has 2 atom stereocenters. The van der Waals surface area contributed by atoms with Gasteiger partial charge in [-0.15, -0.1) is 11.3 Å². The lowest BCUT2D eigenvalue weighted by Gasteiger charge is -2.26. The van der Waals surface area contributed by atoms with Gasteiger partial charge in [-0.1, -0.05) is 6.07 Å². The summed E-state index contributed by atoms with van der Waals surface area (Å²) in [6.07, 6.45) is -0.442. The first-order valence-corrected chi connectivity index (χ1v) is 9.51. The van der Waals surface area contributed by atoms with Crippen LogP contribution in [0.2, 0.25) is 0 Å². The summed E-state index contributed by atoms with van der Waals surface area (Å²) < 4.78 is 10.7. The number of hydrogen-bond donors (Lipinski definition) is 1. The number of rotatable bonds is 5. The molecule has 5 nitrogen and oxygen atoms in total. The minimum atomic E-state index is -0.442. The van der Waals surface area contributed by atoms with Crippen LogP contribution in [0, 0.1) is 0 Å². The number of benzene rings is 1. The molecule has 0 aliphatic carbocycles. The van der Waals surface area contributed by atoms with Gasteiger partial charge in [-0.05, 0) is 42.3 Å². The Morgan fingerprint density at radius 1 is 1.31 bits per heavy atom. The Hall–Kier alpha value is -1.99. The topological polar surface area (TPSA) is 54.8 Å². The summed E-state index contributed by atoms with van der Waals surface area (Å²) in [6, 6.07) is 12.3. The number of nitrogens with zero attached hydrogens (tertiary/aromatic N) is 2. The highest BCUT2D eigenvalue weighted by molar-refractivity contribution is 7.13. The van der Waals surface area contributed by atoms with Crippen LogP contribution in [-0.2, 0) is 11.3 Å². The average Bonchev–Trinajstić information content (AvgIpc) is 3.32. The molecule has 0 bridgehead atoms. The summed E-state index contributed by atoms with van der Waals surface area (Å²) in [4.78, 5) is 8.23. The van der Waals surface area contributed by atoms with E-state index in [0.717, 1.165) is 32.8 Å². The van der Waals surface area contributed by atoms with Crippen LogP contribution in [0.3, 0.4) is 0 Å². The van der Waals surface area contributed by atoms with Crippen molar-refractivity contribution in [3.63, 3.8) is 0 Å². The first-order valence-electron chi connectivity index (χ1n) is 8.63. The highest BCUT2D eigenvalue weighted by atomic mass is 32.1. The molecule has 4 rings (SSSR count). The predicted molar refractivity (Wildman–Crippen MR) is 104 cm³/mol. The molecule has 6 heteroatoms. The Kier molecular flexibility index (Phi) is 4.91. The van der Waals surface area contributed by atoms with E-state index in [1.54, 1.807) is 18.4 Å². The van der Waals surface area contributed by atoms with E-state index in [2.05, 4.69) is 22.4 Å². The largest absolute Gasteiger partial charge is 0.497 e. The highest BCUT2D eigenvalue weighted by Gasteiger charge is 2.30. The summed E-state index contributed by atoms with van der Waals surface area (Å²) in [7, 11) is 3.69. The normalized spacial score (nSPS) is 20.2. The monoisotopic (exact) mass is 370 g/mol. The van der Waals surface area contributed by atoms with Gasteiger partial charge in [0.2, 0.25) is 0 Å². The number of fused-ring (bicyclic) bond motifs is 1. The molecule has 136 valence electrons. The Labute approximate surface area is 156 Å². The standard InChI is InChI=1S/C20H22N2O3S/c1-22(17-11-25-12-18(17)23)10-14-8-13-5-6-15(24-2)9-16(13)21-20(14)19-4-3-7-26-19/h3-9,17-18,23H,10-12H2,1-2H3/t17-,18-/m0/s1. The molecular weight excluding hydrogens is 348 g/mol. The van der Waals surface area contributed by atoms with E-state index in [1.165, 1.54) is 0 Å². The molecular formula is C20H22N2O3S. The molecule has 1 saturated heterocycles. The fourth-order valence-electron chi connectivity index (χ4n) is 3.40. The van der Waals surface area contributed by atoms with Crippen molar-refractivity contribution in [3.8, 4) is 16.3 Å². The van der Waals surface area contributed by atoms with Gasteiger partial charge in [-0.25, -0.2) is 4.98 Å². The number of aliphatic hydroxyl groups excluding tert-OH is 1. The second-order valence-electron chi connectivity index (χ2n) is 6.62. The second kappa shape index (κ2) is 7.32. The zero-order valence-corrected chi connectivity index (χ0v) is 15.7. The van der Waals surface area contributed by atoms with Crippen LogP contribution >= 0.6 is 11.3 Å².